The molecule has 0 heterocycles. The van der Waals surface area contributed by atoms with Crippen molar-refractivity contribution in [1.82, 2.24) is 0 Å². The molecule has 1 aromatic rings. The third kappa shape index (κ3) is 3.04. The van der Waals surface area contributed by atoms with Crippen molar-refractivity contribution in [3.05, 3.63) is 35.4 Å². The summed E-state index contributed by atoms with van der Waals surface area (Å²) in [5, 5.41) is 18.1. The van der Waals surface area contributed by atoms with E-state index in [9.17, 15) is 9.90 Å². The fraction of sp³-hybridized carbons (Fsp3) is 0.364. The predicted molar refractivity (Wildman–Crippen MR) is 56.4 cm³/mol. The second-order valence-corrected chi connectivity index (χ2v) is 3.57. The Hall–Kier alpha value is -1.39. The van der Waals surface area contributed by atoms with Gasteiger partial charge in [-0.1, -0.05) is 24.3 Å². The van der Waals surface area contributed by atoms with Gasteiger partial charge in [0.15, 0.2) is 0 Å². The first-order chi connectivity index (χ1) is 7.02. The van der Waals surface area contributed by atoms with E-state index in [0.717, 1.165) is 5.56 Å². The molecular formula is C11H15NO3. The Kier molecular flexibility index (Phi) is 3.82. The average molecular weight is 209 g/mol. The minimum Gasteiger partial charge on any atom is -0.480 e. The van der Waals surface area contributed by atoms with Gasteiger partial charge in [0, 0.05) is 0 Å². The first-order valence-corrected chi connectivity index (χ1v) is 4.76. The molecule has 0 spiro atoms. The second kappa shape index (κ2) is 4.91. The van der Waals surface area contributed by atoms with E-state index in [0.29, 0.717) is 12.0 Å². The van der Waals surface area contributed by atoms with E-state index in [1.165, 1.54) is 0 Å². The van der Waals surface area contributed by atoms with Crippen LogP contribution in [-0.4, -0.2) is 22.3 Å². The molecule has 1 aromatic carbocycles. The zero-order chi connectivity index (χ0) is 11.4. The average Bonchev–Trinajstić information content (AvgIpc) is 2.16. The molecule has 0 bridgehead atoms. The number of aliphatic hydroxyl groups is 1. The first kappa shape index (κ1) is 11.7. The van der Waals surface area contributed by atoms with Gasteiger partial charge >= 0.3 is 5.97 Å². The van der Waals surface area contributed by atoms with Crippen molar-refractivity contribution < 1.29 is 15.0 Å². The molecule has 0 aliphatic heterocycles. The van der Waals surface area contributed by atoms with Crippen molar-refractivity contribution in [2.24, 2.45) is 5.73 Å². The number of hydrogen-bond donors (Lipinski definition) is 3. The Morgan fingerprint density at radius 3 is 2.60 bits per heavy atom. The van der Waals surface area contributed by atoms with E-state index in [2.05, 4.69) is 0 Å². The normalized spacial score (nSPS) is 14.6. The topological polar surface area (TPSA) is 83.5 Å². The molecule has 15 heavy (non-hydrogen) atoms. The summed E-state index contributed by atoms with van der Waals surface area (Å²) in [4.78, 5) is 10.8. The molecule has 2 unspecified atom stereocenters. The maximum absolute atomic E-state index is 10.8. The van der Waals surface area contributed by atoms with Gasteiger partial charge in [-0.3, -0.25) is 4.79 Å². The lowest BCUT2D eigenvalue weighted by Crippen LogP contribution is -2.22. The highest BCUT2D eigenvalue weighted by Crippen LogP contribution is 2.17. The van der Waals surface area contributed by atoms with Crippen LogP contribution in [0.3, 0.4) is 0 Å². The van der Waals surface area contributed by atoms with Gasteiger partial charge in [-0.25, -0.2) is 0 Å². The lowest BCUT2D eigenvalue weighted by atomic mass is 9.97. The SMILES string of the molecule is CC(O)Cc1ccccc1C(N)C(=O)O. The number of nitrogens with two attached hydrogens (primary N) is 1. The molecule has 0 aliphatic rings. The number of carbonyl (C=O) groups is 1. The molecular weight excluding hydrogens is 194 g/mol. The van der Waals surface area contributed by atoms with E-state index >= 15 is 0 Å². The van der Waals surface area contributed by atoms with Gasteiger partial charge in [0.05, 0.1) is 6.10 Å². The summed E-state index contributed by atoms with van der Waals surface area (Å²) in [7, 11) is 0. The van der Waals surface area contributed by atoms with Crippen LogP contribution in [0.2, 0.25) is 0 Å². The molecule has 82 valence electrons. The van der Waals surface area contributed by atoms with Gasteiger partial charge in [0.25, 0.3) is 0 Å². The van der Waals surface area contributed by atoms with Gasteiger partial charge in [-0.15, -0.1) is 0 Å². The Morgan fingerprint density at radius 1 is 1.47 bits per heavy atom. The summed E-state index contributed by atoms with van der Waals surface area (Å²) in [5.74, 6) is -1.06. The molecule has 0 saturated heterocycles. The Balaban J connectivity index is 3.00. The second-order valence-electron chi connectivity index (χ2n) is 3.57. The Bertz CT molecular complexity index is 349. The number of aliphatic carboxylic acids is 1. The Labute approximate surface area is 88.3 Å². The molecule has 0 amide bonds. The monoisotopic (exact) mass is 209 g/mol. The minimum absolute atomic E-state index is 0.414. The van der Waals surface area contributed by atoms with E-state index in [4.69, 9.17) is 10.8 Å². The first-order valence-electron chi connectivity index (χ1n) is 4.76. The fourth-order valence-corrected chi connectivity index (χ4v) is 1.47. The third-order valence-electron chi connectivity index (χ3n) is 2.17. The largest absolute Gasteiger partial charge is 0.480 e. The lowest BCUT2D eigenvalue weighted by Gasteiger charge is -2.13. The van der Waals surface area contributed by atoms with Crippen LogP contribution in [0.25, 0.3) is 0 Å². The van der Waals surface area contributed by atoms with Crippen molar-refractivity contribution in [3.63, 3.8) is 0 Å². The highest BCUT2D eigenvalue weighted by atomic mass is 16.4. The van der Waals surface area contributed by atoms with Crippen molar-refractivity contribution >= 4 is 5.97 Å². The van der Waals surface area contributed by atoms with Crippen LogP contribution in [-0.2, 0) is 11.2 Å². The van der Waals surface area contributed by atoms with Crippen LogP contribution >= 0.6 is 0 Å². The quantitative estimate of drug-likeness (QED) is 0.681. The van der Waals surface area contributed by atoms with E-state index in [1.54, 1.807) is 31.2 Å². The van der Waals surface area contributed by atoms with Crippen LogP contribution < -0.4 is 5.73 Å². The maximum Gasteiger partial charge on any atom is 0.325 e. The van der Waals surface area contributed by atoms with Crippen molar-refractivity contribution in [1.29, 1.82) is 0 Å². The molecule has 4 N–H and O–H groups in total. The van der Waals surface area contributed by atoms with Crippen LogP contribution in [0.1, 0.15) is 24.1 Å². The molecule has 0 radical (unpaired) electrons. The van der Waals surface area contributed by atoms with Gasteiger partial charge in [0.2, 0.25) is 0 Å². The van der Waals surface area contributed by atoms with E-state index in [1.807, 2.05) is 0 Å². The molecule has 0 saturated carbocycles. The summed E-state index contributed by atoms with van der Waals surface area (Å²) in [6.07, 6.45) is -0.0934. The number of carboxylic acid groups (broad SMARTS) is 1. The number of hydrogen-bond acceptors (Lipinski definition) is 3. The van der Waals surface area contributed by atoms with Gasteiger partial charge < -0.3 is 15.9 Å². The lowest BCUT2D eigenvalue weighted by molar-refractivity contribution is -0.138. The minimum atomic E-state index is -1.06. The smallest absolute Gasteiger partial charge is 0.325 e. The highest BCUT2D eigenvalue weighted by molar-refractivity contribution is 5.75. The summed E-state index contributed by atoms with van der Waals surface area (Å²) in [5.41, 5.74) is 6.87. The molecule has 0 aliphatic carbocycles. The summed E-state index contributed by atoms with van der Waals surface area (Å²) >= 11 is 0. The Morgan fingerprint density at radius 2 is 2.07 bits per heavy atom. The van der Waals surface area contributed by atoms with Crippen LogP contribution in [0.5, 0.6) is 0 Å². The number of rotatable bonds is 4. The van der Waals surface area contributed by atoms with Crippen molar-refractivity contribution in [2.45, 2.75) is 25.5 Å². The van der Waals surface area contributed by atoms with E-state index < -0.39 is 18.1 Å². The molecule has 1 rings (SSSR count). The third-order valence-corrected chi connectivity index (χ3v) is 2.17. The zero-order valence-corrected chi connectivity index (χ0v) is 8.55. The van der Waals surface area contributed by atoms with Crippen molar-refractivity contribution in [3.8, 4) is 0 Å². The molecule has 0 fully saturated rings. The van der Waals surface area contributed by atoms with Crippen LogP contribution in [0.4, 0.5) is 0 Å². The van der Waals surface area contributed by atoms with Gasteiger partial charge in [0.1, 0.15) is 6.04 Å². The van der Waals surface area contributed by atoms with E-state index in [-0.39, 0.29) is 0 Å². The standard InChI is InChI=1S/C11H15NO3/c1-7(13)6-8-4-2-3-5-9(8)10(12)11(14)15/h2-5,7,10,13H,6,12H2,1H3,(H,14,15). The molecule has 4 nitrogen and oxygen atoms in total. The summed E-state index contributed by atoms with van der Waals surface area (Å²) < 4.78 is 0. The van der Waals surface area contributed by atoms with Gasteiger partial charge in [-0.2, -0.15) is 0 Å². The van der Waals surface area contributed by atoms with Crippen LogP contribution in [0, 0.1) is 0 Å². The molecule has 4 heteroatoms. The molecule has 0 aromatic heterocycles. The van der Waals surface area contributed by atoms with Crippen LogP contribution in [0.15, 0.2) is 24.3 Å². The summed E-state index contributed by atoms with van der Waals surface area (Å²) in [6.45, 7) is 1.66. The number of carboxylic acids is 1. The number of aliphatic hydroxyl groups excluding tert-OH is 1. The zero-order valence-electron chi connectivity index (χ0n) is 8.55. The molecule has 2 atom stereocenters. The maximum atomic E-state index is 10.8. The van der Waals surface area contributed by atoms with Gasteiger partial charge in [-0.05, 0) is 24.5 Å². The summed E-state index contributed by atoms with van der Waals surface area (Å²) in [6, 6.07) is 5.97. The highest BCUT2D eigenvalue weighted by Gasteiger charge is 2.17. The van der Waals surface area contributed by atoms with Crippen molar-refractivity contribution in [2.75, 3.05) is 0 Å². The predicted octanol–water partition coefficient (Wildman–Crippen LogP) is 0.694. The fourth-order valence-electron chi connectivity index (χ4n) is 1.47. The number of benzene rings is 1.